The van der Waals surface area contributed by atoms with E-state index in [0.717, 1.165) is 36.1 Å². The first-order valence-electron chi connectivity index (χ1n) is 5.44. The molecule has 5 heteroatoms. The summed E-state index contributed by atoms with van der Waals surface area (Å²) in [6, 6.07) is 4.12. The van der Waals surface area contributed by atoms with E-state index in [4.69, 9.17) is 4.52 Å². The predicted molar refractivity (Wildman–Crippen MR) is 62.6 cm³/mol. The van der Waals surface area contributed by atoms with Crippen molar-refractivity contribution in [3.8, 4) is 10.7 Å². The van der Waals surface area contributed by atoms with E-state index in [1.165, 1.54) is 4.88 Å². The molecule has 0 spiro atoms. The second kappa shape index (κ2) is 3.99. The highest BCUT2D eigenvalue weighted by Crippen LogP contribution is 2.27. The maximum Gasteiger partial charge on any atom is 0.231 e. The molecular weight excluding hydrogens is 222 g/mol. The van der Waals surface area contributed by atoms with Gasteiger partial charge in [-0.05, 0) is 32.0 Å². The number of aromatic nitrogens is 2. The molecule has 0 aliphatic carbocycles. The highest BCUT2D eigenvalue weighted by atomic mass is 32.1. The van der Waals surface area contributed by atoms with Crippen LogP contribution in [0.25, 0.3) is 10.7 Å². The number of thiophene rings is 1. The van der Waals surface area contributed by atoms with Gasteiger partial charge in [-0.25, -0.2) is 0 Å². The summed E-state index contributed by atoms with van der Waals surface area (Å²) >= 11 is 1.70. The van der Waals surface area contributed by atoms with Crippen LogP contribution >= 0.6 is 11.3 Å². The molecular formula is C11H13N3OS. The molecule has 2 aromatic rings. The molecule has 1 fully saturated rings. The second-order valence-corrected chi connectivity index (χ2v) is 5.34. The topological polar surface area (TPSA) is 51.0 Å². The van der Waals surface area contributed by atoms with Crippen LogP contribution in [0.4, 0.5) is 0 Å². The minimum absolute atomic E-state index is 0.391. The Labute approximate surface area is 97.7 Å². The fourth-order valence-corrected chi connectivity index (χ4v) is 2.71. The molecule has 1 aliphatic rings. The largest absolute Gasteiger partial charge is 0.339 e. The Kier molecular flexibility index (Phi) is 2.49. The summed E-state index contributed by atoms with van der Waals surface area (Å²) in [5, 5.41) is 7.34. The van der Waals surface area contributed by atoms with Gasteiger partial charge in [-0.3, -0.25) is 0 Å². The van der Waals surface area contributed by atoms with Crippen LogP contribution in [0.1, 0.15) is 23.1 Å². The van der Waals surface area contributed by atoms with Crippen LogP contribution in [0.2, 0.25) is 0 Å². The lowest BCUT2D eigenvalue weighted by molar-refractivity contribution is 0.359. The number of nitrogens with zero attached hydrogens (tertiary/aromatic N) is 2. The van der Waals surface area contributed by atoms with Gasteiger partial charge < -0.3 is 9.84 Å². The van der Waals surface area contributed by atoms with Gasteiger partial charge in [-0.2, -0.15) is 4.98 Å². The monoisotopic (exact) mass is 235 g/mol. The highest BCUT2D eigenvalue weighted by Gasteiger charge is 2.23. The van der Waals surface area contributed by atoms with Gasteiger partial charge in [0.1, 0.15) is 0 Å². The van der Waals surface area contributed by atoms with Crippen molar-refractivity contribution >= 4 is 11.3 Å². The average molecular weight is 235 g/mol. The molecule has 3 rings (SSSR count). The number of hydrogen-bond donors (Lipinski definition) is 1. The van der Waals surface area contributed by atoms with Crippen molar-refractivity contribution in [3.05, 3.63) is 22.9 Å². The number of hydrogen-bond acceptors (Lipinski definition) is 5. The molecule has 1 saturated heterocycles. The van der Waals surface area contributed by atoms with Gasteiger partial charge in [0.2, 0.25) is 11.7 Å². The van der Waals surface area contributed by atoms with E-state index in [0.29, 0.717) is 5.92 Å². The zero-order valence-electron chi connectivity index (χ0n) is 9.06. The Balaban J connectivity index is 1.87. The van der Waals surface area contributed by atoms with Gasteiger partial charge in [0.25, 0.3) is 0 Å². The zero-order chi connectivity index (χ0) is 11.0. The Bertz CT molecular complexity index is 485. The summed E-state index contributed by atoms with van der Waals surface area (Å²) in [5.41, 5.74) is 0. The molecule has 1 aliphatic heterocycles. The van der Waals surface area contributed by atoms with Crippen molar-refractivity contribution in [1.82, 2.24) is 15.5 Å². The maximum atomic E-state index is 5.32. The first-order chi connectivity index (χ1) is 7.83. The lowest BCUT2D eigenvalue weighted by Crippen LogP contribution is -2.08. The minimum Gasteiger partial charge on any atom is -0.339 e. The molecule has 4 nitrogen and oxygen atoms in total. The first kappa shape index (κ1) is 9.99. The van der Waals surface area contributed by atoms with Crippen LogP contribution in [-0.4, -0.2) is 23.2 Å². The third-order valence-corrected chi connectivity index (χ3v) is 3.81. The van der Waals surface area contributed by atoms with Crippen molar-refractivity contribution in [2.45, 2.75) is 19.3 Å². The molecule has 1 unspecified atom stereocenters. The summed E-state index contributed by atoms with van der Waals surface area (Å²) in [4.78, 5) is 6.82. The lowest BCUT2D eigenvalue weighted by Gasteiger charge is -1.98. The Morgan fingerprint density at radius 3 is 3.12 bits per heavy atom. The lowest BCUT2D eigenvalue weighted by atomic mass is 10.1. The van der Waals surface area contributed by atoms with E-state index in [2.05, 4.69) is 28.4 Å². The maximum absolute atomic E-state index is 5.32. The third kappa shape index (κ3) is 1.76. The van der Waals surface area contributed by atoms with E-state index in [1.54, 1.807) is 11.3 Å². The molecule has 16 heavy (non-hydrogen) atoms. The molecule has 0 radical (unpaired) electrons. The minimum atomic E-state index is 0.391. The molecule has 0 bridgehead atoms. The molecule has 0 saturated carbocycles. The third-order valence-electron chi connectivity index (χ3n) is 2.81. The van der Waals surface area contributed by atoms with Crippen LogP contribution in [0.3, 0.4) is 0 Å². The fraction of sp³-hybridized carbons (Fsp3) is 0.455. The molecule has 2 aromatic heterocycles. The zero-order valence-corrected chi connectivity index (χ0v) is 9.88. The van der Waals surface area contributed by atoms with E-state index in [-0.39, 0.29) is 0 Å². The van der Waals surface area contributed by atoms with Gasteiger partial charge in [-0.15, -0.1) is 11.3 Å². The van der Waals surface area contributed by atoms with Crippen LogP contribution in [0.15, 0.2) is 16.7 Å². The van der Waals surface area contributed by atoms with Crippen LogP contribution in [-0.2, 0) is 0 Å². The standard InChI is InChI=1S/C11H13N3OS/c1-7-2-3-9(16-7)10-13-11(15-14-10)8-4-5-12-6-8/h2-3,8,12H,4-6H2,1H3. The van der Waals surface area contributed by atoms with E-state index < -0.39 is 0 Å². The Morgan fingerprint density at radius 2 is 2.44 bits per heavy atom. The van der Waals surface area contributed by atoms with Crippen molar-refractivity contribution in [2.24, 2.45) is 0 Å². The smallest absolute Gasteiger partial charge is 0.231 e. The van der Waals surface area contributed by atoms with Crippen LogP contribution in [0, 0.1) is 6.92 Å². The predicted octanol–water partition coefficient (Wildman–Crippen LogP) is 2.18. The van der Waals surface area contributed by atoms with Crippen LogP contribution in [0.5, 0.6) is 0 Å². The number of nitrogens with one attached hydrogen (secondary N) is 1. The summed E-state index contributed by atoms with van der Waals surface area (Å²) < 4.78 is 5.32. The molecule has 1 atom stereocenters. The van der Waals surface area contributed by atoms with Crippen molar-refractivity contribution in [2.75, 3.05) is 13.1 Å². The number of rotatable bonds is 2. The summed E-state index contributed by atoms with van der Waals surface area (Å²) in [6.45, 7) is 4.07. The average Bonchev–Trinajstić information content (AvgIpc) is 2.97. The summed E-state index contributed by atoms with van der Waals surface area (Å²) in [5.74, 6) is 1.88. The van der Waals surface area contributed by atoms with Gasteiger partial charge in [-0.1, -0.05) is 5.16 Å². The molecule has 0 amide bonds. The Morgan fingerprint density at radius 1 is 1.50 bits per heavy atom. The van der Waals surface area contributed by atoms with Gasteiger partial charge >= 0.3 is 0 Å². The van der Waals surface area contributed by atoms with Gasteiger partial charge in [0, 0.05) is 11.4 Å². The van der Waals surface area contributed by atoms with E-state index in [1.807, 2.05) is 6.07 Å². The SMILES string of the molecule is Cc1ccc(-c2noc(C3CCNC3)n2)s1. The quantitative estimate of drug-likeness (QED) is 0.866. The molecule has 0 aromatic carbocycles. The van der Waals surface area contributed by atoms with Crippen LogP contribution < -0.4 is 5.32 Å². The van der Waals surface area contributed by atoms with Gasteiger partial charge in [0.05, 0.1) is 10.8 Å². The molecule has 3 heterocycles. The molecule has 1 N–H and O–H groups in total. The highest BCUT2D eigenvalue weighted by molar-refractivity contribution is 7.15. The first-order valence-corrected chi connectivity index (χ1v) is 6.26. The summed E-state index contributed by atoms with van der Waals surface area (Å²) in [7, 11) is 0. The van der Waals surface area contributed by atoms with Gasteiger partial charge in [0.15, 0.2) is 0 Å². The molecule has 84 valence electrons. The summed E-state index contributed by atoms with van der Waals surface area (Å²) in [6.07, 6.45) is 1.09. The van der Waals surface area contributed by atoms with E-state index >= 15 is 0 Å². The number of aryl methyl sites for hydroxylation is 1. The van der Waals surface area contributed by atoms with E-state index in [9.17, 15) is 0 Å². The fourth-order valence-electron chi connectivity index (χ4n) is 1.92. The normalized spacial score (nSPS) is 20.4. The Hall–Kier alpha value is -1.20. The second-order valence-electron chi connectivity index (χ2n) is 4.06. The van der Waals surface area contributed by atoms with Crippen molar-refractivity contribution < 1.29 is 4.52 Å². The van der Waals surface area contributed by atoms with Crippen molar-refractivity contribution in [3.63, 3.8) is 0 Å². The van der Waals surface area contributed by atoms with Crippen molar-refractivity contribution in [1.29, 1.82) is 0 Å².